The minimum atomic E-state index is -2.12. The van der Waals surface area contributed by atoms with Crippen LogP contribution in [0.3, 0.4) is 0 Å². The van der Waals surface area contributed by atoms with Gasteiger partial charge in [-0.25, -0.2) is 0 Å². The van der Waals surface area contributed by atoms with Crippen LogP contribution in [0.4, 0.5) is 11.4 Å². The summed E-state index contributed by atoms with van der Waals surface area (Å²) in [6, 6.07) is 8.38. The highest BCUT2D eigenvalue weighted by atomic mass is 35.6. The van der Waals surface area contributed by atoms with Gasteiger partial charge in [-0.1, -0.05) is 61.6 Å². The molecule has 0 radical (unpaired) electrons. The van der Waals surface area contributed by atoms with Gasteiger partial charge in [0.15, 0.2) is 5.76 Å². The Labute approximate surface area is 160 Å². The van der Waals surface area contributed by atoms with Crippen molar-refractivity contribution in [3.05, 3.63) is 47.9 Å². The summed E-state index contributed by atoms with van der Waals surface area (Å²) < 4.78 is 2.93. The van der Waals surface area contributed by atoms with E-state index >= 15 is 0 Å². The van der Waals surface area contributed by atoms with Gasteiger partial charge >= 0.3 is 0 Å². The number of amides is 2. The van der Waals surface area contributed by atoms with Crippen molar-refractivity contribution in [2.75, 3.05) is 10.6 Å². The molecule has 2 amide bonds. The van der Waals surface area contributed by atoms with E-state index in [9.17, 15) is 9.59 Å². The number of carbonyl (C=O) groups is 2. The number of halogens is 3. The number of hydrogen-bond donors (Lipinski definition) is 2. The summed E-state index contributed by atoms with van der Waals surface area (Å²) in [4.78, 5) is 24.2. The zero-order valence-corrected chi connectivity index (χ0v) is 16.1. The highest BCUT2D eigenvalue weighted by Crippen LogP contribution is 2.33. The number of alkyl halides is 3. The topological polar surface area (TPSA) is 71.3 Å². The van der Waals surface area contributed by atoms with Gasteiger partial charge in [0, 0.05) is 0 Å². The zero-order chi connectivity index (χ0) is 18.8. The molecule has 1 heterocycles. The van der Waals surface area contributed by atoms with E-state index in [1.54, 1.807) is 18.2 Å². The third-order valence-corrected chi connectivity index (χ3v) is 3.90. The first-order valence-electron chi connectivity index (χ1n) is 7.36. The normalized spacial score (nSPS) is 11.9. The Hall–Kier alpha value is -1.69. The predicted molar refractivity (Wildman–Crippen MR) is 101 cm³/mol. The second kappa shape index (κ2) is 7.28. The van der Waals surface area contributed by atoms with Crippen molar-refractivity contribution in [3.8, 4) is 0 Å². The van der Waals surface area contributed by atoms with E-state index in [1.165, 1.54) is 12.3 Å². The first-order chi connectivity index (χ1) is 11.5. The van der Waals surface area contributed by atoms with Crippen LogP contribution in [0.15, 0.2) is 41.0 Å². The molecule has 5 nitrogen and oxygen atoms in total. The van der Waals surface area contributed by atoms with Crippen LogP contribution in [0, 0.1) is 0 Å². The molecule has 1 aromatic heterocycles. The van der Waals surface area contributed by atoms with Gasteiger partial charge in [0.1, 0.15) is 0 Å². The molecule has 0 aliphatic heterocycles. The summed E-state index contributed by atoms with van der Waals surface area (Å²) in [5.41, 5.74) is 1.44. The van der Waals surface area contributed by atoms with E-state index < -0.39 is 15.6 Å². The van der Waals surface area contributed by atoms with E-state index in [1.807, 2.05) is 26.8 Å². The molecule has 0 aliphatic rings. The molecule has 0 unspecified atom stereocenters. The minimum absolute atomic E-state index is 0.138. The number of benzene rings is 1. The third-order valence-electron chi connectivity index (χ3n) is 3.38. The molecule has 0 spiro atoms. The van der Waals surface area contributed by atoms with Gasteiger partial charge in [0.2, 0.25) is 0 Å². The summed E-state index contributed by atoms with van der Waals surface area (Å²) in [5.74, 6) is -1.14. The van der Waals surface area contributed by atoms with Gasteiger partial charge in [0.25, 0.3) is 15.6 Å². The van der Waals surface area contributed by atoms with Crippen molar-refractivity contribution in [2.24, 2.45) is 0 Å². The highest BCUT2D eigenvalue weighted by Gasteiger charge is 2.31. The van der Waals surface area contributed by atoms with Crippen LogP contribution in [0.2, 0.25) is 0 Å². The summed E-state index contributed by atoms with van der Waals surface area (Å²) in [6.07, 6.45) is 1.39. The number of nitrogens with one attached hydrogen (secondary N) is 2. The molecule has 0 saturated carbocycles. The molecular formula is C17H17Cl3N2O3. The first kappa shape index (κ1) is 19.6. The monoisotopic (exact) mass is 402 g/mol. The fourth-order valence-electron chi connectivity index (χ4n) is 2.01. The quantitative estimate of drug-likeness (QED) is 0.697. The number of anilines is 2. The summed E-state index contributed by atoms with van der Waals surface area (Å²) in [5, 5.41) is 5.21. The minimum Gasteiger partial charge on any atom is -0.459 e. The average molecular weight is 404 g/mol. The van der Waals surface area contributed by atoms with E-state index in [0.29, 0.717) is 11.4 Å². The lowest BCUT2D eigenvalue weighted by Crippen LogP contribution is -2.28. The fourth-order valence-corrected chi connectivity index (χ4v) is 2.15. The molecule has 0 atom stereocenters. The number of rotatable bonds is 3. The highest BCUT2D eigenvalue weighted by molar-refractivity contribution is 6.76. The maximum atomic E-state index is 12.2. The van der Waals surface area contributed by atoms with Crippen molar-refractivity contribution < 1.29 is 14.0 Å². The standard InChI is InChI=1S/C17H17Cl3N2O3/c1-16(2,3)10-6-7-11(21-14(23)13-5-4-8-25-13)12(9-10)22-15(24)17(18,19)20/h4-9H,1-3H3,(H,21,23)(H,22,24). The van der Waals surface area contributed by atoms with Crippen LogP contribution in [0.5, 0.6) is 0 Å². The van der Waals surface area contributed by atoms with E-state index in [0.717, 1.165) is 5.56 Å². The maximum Gasteiger partial charge on any atom is 0.291 e. The average Bonchev–Trinajstić information content (AvgIpc) is 3.01. The molecule has 134 valence electrons. The van der Waals surface area contributed by atoms with Crippen LogP contribution in [-0.2, 0) is 10.2 Å². The van der Waals surface area contributed by atoms with Crippen molar-refractivity contribution in [3.63, 3.8) is 0 Å². The third kappa shape index (κ3) is 5.14. The van der Waals surface area contributed by atoms with Crippen LogP contribution in [0.25, 0.3) is 0 Å². The van der Waals surface area contributed by atoms with Gasteiger partial charge in [0.05, 0.1) is 17.6 Å². The van der Waals surface area contributed by atoms with Crippen LogP contribution in [0.1, 0.15) is 36.9 Å². The van der Waals surface area contributed by atoms with Gasteiger partial charge < -0.3 is 15.1 Å². The van der Waals surface area contributed by atoms with Gasteiger partial charge in [-0.15, -0.1) is 0 Å². The summed E-state index contributed by atoms with van der Waals surface area (Å²) >= 11 is 16.9. The van der Waals surface area contributed by atoms with E-state index in [2.05, 4.69) is 10.6 Å². The lowest BCUT2D eigenvalue weighted by molar-refractivity contribution is -0.115. The Bertz CT molecular complexity index is 775. The van der Waals surface area contributed by atoms with Crippen molar-refractivity contribution in [2.45, 2.75) is 30.0 Å². The molecule has 2 N–H and O–H groups in total. The van der Waals surface area contributed by atoms with Crippen LogP contribution >= 0.6 is 34.8 Å². The Morgan fingerprint density at radius 1 is 1.00 bits per heavy atom. The maximum absolute atomic E-state index is 12.2. The Morgan fingerprint density at radius 3 is 2.20 bits per heavy atom. The van der Waals surface area contributed by atoms with Crippen molar-refractivity contribution >= 4 is 58.0 Å². The van der Waals surface area contributed by atoms with Crippen LogP contribution in [-0.4, -0.2) is 15.6 Å². The lowest BCUT2D eigenvalue weighted by atomic mass is 9.86. The molecule has 2 aromatic rings. The number of furan rings is 1. The summed E-state index contributed by atoms with van der Waals surface area (Å²) in [6.45, 7) is 6.05. The fraction of sp³-hybridized carbons (Fsp3) is 0.294. The molecular weight excluding hydrogens is 387 g/mol. The molecule has 8 heteroatoms. The van der Waals surface area contributed by atoms with Gasteiger partial charge in [-0.05, 0) is 35.2 Å². The number of hydrogen-bond acceptors (Lipinski definition) is 3. The molecule has 2 rings (SSSR count). The predicted octanol–water partition coefficient (Wildman–Crippen LogP) is 5.14. The number of carbonyl (C=O) groups excluding carboxylic acids is 2. The van der Waals surface area contributed by atoms with E-state index in [-0.39, 0.29) is 11.2 Å². The molecule has 0 saturated heterocycles. The molecule has 0 fully saturated rings. The molecule has 0 bridgehead atoms. The lowest BCUT2D eigenvalue weighted by Gasteiger charge is -2.22. The van der Waals surface area contributed by atoms with Crippen molar-refractivity contribution in [1.82, 2.24) is 0 Å². The van der Waals surface area contributed by atoms with Crippen LogP contribution < -0.4 is 10.6 Å². The largest absolute Gasteiger partial charge is 0.459 e. The Morgan fingerprint density at radius 2 is 1.68 bits per heavy atom. The molecule has 25 heavy (non-hydrogen) atoms. The SMILES string of the molecule is CC(C)(C)c1ccc(NC(=O)c2ccco2)c(NC(=O)C(Cl)(Cl)Cl)c1. The zero-order valence-electron chi connectivity index (χ0n) is 13.8. The molecule has 1 aromatic carbocycles. The first-order valence-corrected chi connectivity index (χ1v) is 8.49. The second-order valence-corrected chi connectivity index (χ2v) is 8.67. The smallest absolute Gasteiger partial charge is 0.291 e. The molecule has 0 aliphatic carbocycles. The van der Waals surface area contributed by atoms with Gasteiger partial charge in [-0.3, -0.25) is 9.59 Å². The van der Waals surface area contributed by atoms with Gasteiger partial charge in [-0.2, -0.15) is 0 Å². The summed E-state index contributed by atoms with van der Waals surface area (Å²) in [7, 11) is 0. The van der Waals surface area contributed by atoms with E-state index in [4.69, 9.17) is 39.2 Å². The Balaban J connectivity index is 2.37. The second-order valence-electron chi connectivity index (χ2n) is 6.39. The van der Waals surface area contributed by atoms with Crippen molar-refractivity contribution in [1.29, 1.82) is 0 Å². The Kier molecular flexibility index (Phi) is 5.72.